The van der Waals surface area contributed by atoms with E-state index in [1.165, 1.54) is 32.2 Å². The predicted octanol–water partition coefficient (Wildman–Crippen LogP) is 3.66. The largest absolute Gasteiger partial charge is 0.356 e. The molecule has 0 bridgehead atoms. The number of thioether (sulfide) groups is 1. The van der Waals surface area contributed by atoms with E-state index < -0.39 is 0 Å². The summed E-state index contributed by atoms with van der Waals surface area (Å²) in [6.45, 7) is 8.74. The summed E-state index contributed by atoms with van der Waals surface area (Å²) in [5.74, 6) is 2.78. The summed E-state index contributed by atoms with van der Waals surface area (Å²) in [5, 5.41) is 13.3. The van der Waals surface area contributed by atoms with Crippen LogP contribution in [0.2, 0.25) is 0 Å². The first-order valence-electron chi connectivity index (χ1n) is 9.98. The number of likely N-dealkylation sites (tertiary alicyclic amines) is 1. The first kappa shape index (κ1) is 22.8. The molecule has 1 saturated carbocycles. The molecule has 1 aromatic rings. The third-order valence-electron chi connectivity index (χ3n) is 5.75. The molecule has 1 aliphatic carbocycles. The van der Waals surface area contributed by atoms with Crippen molar-refractivity contribution in [3.63, 3.8) is 0 Å². The van der Waals surface area contributed by atoms with Crippen molar-refractivity contribution in [1.29, 1.82) is 0 Å². The highest BCUT2D eigenvalue weighted by Crippen LogP contribution is 2.47. The van der Waals surface area contributed by atoms with E-state index in [4.69, 9.17) is 0 Å². The maximum atomic E-state index is 4.51. The quantitative estimate of drug-likeness (QED) is 0.201. The SMILES string of the molecule is CN=C(NCCCc1nnc(SC)n1CC(C)C)N1CCC2(CCC2)C1.I. The Morgan fingerprint density at radius 1 is 1.30 bits per heavy atom. The lowest BCUT2D eigenvalue weighted by atomic mass is 9.68. The van der Waals surface area contributed by atoms with Crippen molar-refractivity contribution >= 4 is 41.7 Å². The zero-order valence-corrected chi connectivity index (χ0v) is 20.3. The van der Waals surface area contributed by atoms with E-state index in [1.54, 1.807) is 11.8 Å². The fourth-order valence-corrected chi connectivity index (χ4v) is 4.71. The number of rotatable bonds is 7. The van der Waals surface area contributed by atoms with Gasteiger partial charge in [-0.05, 0) is 43.3 Å². The van der Waals surface area contributed by atoms with Crippen LogP contribution in [0.5, 0.6) is 0 Å². The minimum atomic E-state index is 0. The summed E-state index contributed by atoms with van der Waals surface area (Å²) in [5.41, 5.74) is 0.610. The molecule has 1 N–H and O–H groups in total. The maximum absolute atomic E-state index is 4.51. The van der Waals surface area contributed by atoms with Gasteiger partial charge < -0.3 is 14.8 Å². The molecule has 3 rings (SSSR count). The van der Waals surface area contributed by atoms with Crippen LogP contribution in [0.1, 0.15) is 51.8 Å². The normalized spacial score (nSPS) is 18.7. The van der Waals surface area contributed by atoms with Crippen molar-refractivity contribution in [3.8, 4) is 0 Å². The summed E-state index contributed by atoms with van der Waals surface area (Å²) in [6, 6.07) is 0. The molecule has 6 nitrogen and oxygen atoms in total. The molecule has 8 heteroatoms. The molecule has 2 fully saturated rings. The van der Waals surface area contributed by atoms with E-state index in [-0.39, 0.29) is 24.0 Å². The van der Waals surface area contributed by atoms with Gasteiger partial charge >= 0.3 is 0 Å². The van der Waals surface area contributed by atoms with E-state index >= 15 is 0 Å². The first-order chi connectivity index (χ1) is 12.6. The third kappa shape index (κ3) is 5.52. The Morgan fingerprint density at radius 3 is 2.63 bits per heavy atom. The highest BCUT2D eigenvalue weighted by atomic mass is 127. The molecule has 2 aliphatic rings. The summed E-state index contributed by atoms with van der Waals surface area (Å²) in [6.07, 6.45) is 9.63. The van der Waals surface area contributed by atoms with Gasteiger partial charge in [0.15, 0.2) is 11.1 Å². The third-order valence-corrected chi connectivity index (χ3v) is 6.42. The van der Waals surface area contributed by atoms with Gasteiger partial charge in [-0.1, -0.05) is 32.0 Å². The highest BCUT2D eigenvalue weighted by Gasteiger charge is 2.43. The standard InChI is InChI=1S/C19H34N6S.HI/c1-15(2)13-25-16(22-23-18(25)26-4)7-5-11-21-17(20-3)24-12-10-19(14-24)8-6-9-19;/h15H,5-14H2,1-4H3,(H,20,21);1H. The molecule has 1 saturated heterocycles. The smallest absolute Gasteiger partial charge is 0.193 e. The molecular formula is C19H35IN6S. The van der Waals surface area contributed by atoms with Gasteiger partial charge in [0, 0.05) is 39.6 Å². The Bertz CT molecular complexity index is 626. The Labute approximate surface area is 185 Å². The molecule has 2 heterocycles. The van der Waals surface area contributed by atoms with Crippen molar-refractivity contribution in [3.05, 3.63) is 5.82 Å². The lowest BCUT2D eigenvalue weighted by molar-refractivity contribution is 0.151. The number of aryl methyl sites for hydroxylation is 1. The van der Waals surface area contributed by atoms with Crippen molar-refractivity contribution < 1.29 is 0 Å². The maximum Gasteiger partial charge on any atom is 0.193 e. The van der Waals surface area contributed by atoms with Gasteiger partial charge in [0.1, 0.15) is 5.82 Å². The fourth-order valence-electron chi connectivity index (χ4n) is 4.18. The van der Waals surface area contributed by atoms with Crippen LogP contribution in [0.25, 0.3) is 0 Å². The Kier molecular flexibility index (Phi) is 8.70. The van der Waals surface area contributed by atoms with Gasteiger partial charge in [-0.15, -0.1) is 34.2 Å². The molecule has 27 heavy (non-hydrogen) atoms. The van der Waals surface area contributed by atoms with E-state index in [0.29, 0.717) is 11.3 Å². The number of hydrogen-bond acceptors (Lipinski definition) is 4. The number of halogens is 1. The van der Waals surface area contributed by atoms with Gasteiger partial charge in [0.25, 0.3) is 0 Å². The fraction of sp³-hybridized carbons (Fsp3) is 0.842. The van der Waals surface area contributed by atoms with E-state index in [0.717, 1.165) is 49.4 Å². The predicted molar refractivity (Wildman–Crippen MR) is 124 cm³/mol. The summed E-state index contributed by atoms with van der Waals surface area (Å²) >= 11 is 1.68. The van der Waals surface area contributed by atoms with Crippen LogP contribution in [-0.4, -0.2) is 58.6 Å². The number of nitrogens with zero attached hydrogens (tertiary/aromatic N) is 5. The molecule has 0 aromatic carbocycles. The Morgan fingerprint density at radius 2 is 2.07 bits per heavy atom. The van der Waals surface area contributed by atoms with Gasteiger partial charge in [0.2, 0.25) is 0 Å². The number of guanidine groups is 1. The summed E-state index contributed by atoms with van der Waals surface area (Å²) in [4.78, 5) is 6.96. The minimum absolute atomic E-state index is 0. The van der Waals surface area contributed by atoms with Crippen LogP contribution >= 0.6 is 35.7 Å². The first-order valence-corrected chi connectivity index (χ1v) is 11.2. The topological polar surface area (TPSA) is 58.3 Å². The van der Waals surface area contributed by atoms with Crippen LogP contribution in [-0.2, 0) is 13.0 Å². The lowest BCUT2D eigenvalue weighted by Crippen LogP contribution is -2.42. The van der Waals surface area contributed by atoms with Crippen molar-refractivity contribution in [2.45, 2.75) is 64.1 Å². The van der Waals surface area contributed by atoms with Gasteiger partial charge in [-0.25, -0.2) is 0 Å². The van der Waals surface area contributed by atoms with Crippen molar-refractivity contribution in [1.82, 2.24) is 25.0 Å². The second kappa shape index (κ2) is 10.3. The Balaban J connectivity index is 0.00000261. The monoisotopic (exact) mass is 506 g/mol. The number of aromatic nitrogens is 3. The van der Waals surface area contributed by atoms with Crippen LogP contribution in [0.3, 0.4) is 0 Å². The summed E-state index contributed by atoms with van der Waals surface area (Å²) in [7, 11) is 1.90. The summed E-state index contributed by atoms with van der Waals surface area (Å²) < 4.78 is 2.28. The number of aliphatic imine (C=N–C) groups is 1. The second-order valence-electron chi connectivity index (χ2n) is 8.21. The zero-order chi connectivity index (χ0) is 18.6. The van der Waals surface area contributed by atoms with Crippen LogP contribution in [0.4, 0.5) is 0 Å². The molecule has 1 aromatic heterocycles. The van der Waals surface area contributed by atoms with E-state index in [9.17, 15) is 0 Å². The molecule has 1 spiro atoms. The number of nitrogens with one attached hydrogen (secondary N) is 1. The Hall–Kier alpha value is -0.510. The lowest BCUT2D eigenvalue weighted by Gasteiger charge is -2.38. The second-order valence-corrected chi connectivity index (χ2v) is 8.98. The minimum Gasteiger partial charge on any atom is -0.356 e. The van der Waals surface area contributed by atoms with E-state index in [2.05, 4.69) is 50.1 Å². The van der Waals surface area contributed by atoms with Gasteiger partial charge in [-0.3, -0.25) is 4.99 Å². The molecule has 0 radical (unpaired) electrons. The molecule has 0 atom stereocenters. The van der Waals surface area contributed by atoms with Gasteiger partial charge in [-0.2, -0.15) is 0 Å². The average Bonchev–Trinajstić information content (AvgIpc) is 3.19. The molecule has 1 aliphatic heterocycles. The van der Waals surface area contributed by atoms with Gasteiger partial charge in [0.05, 0.1) is 0 Å². The van der Waals surface area contributed by atoms with E-state index in [1.807, 2.05) is 7.05 Å². The van der Waals surface area contributed by atoms with Crippen LogP contribution in [0.15, 0.2) is 10.1 Å². The zero-order valence-electron chi connectivity index (χ0n) is 17.2. The highest BCUT2D eigenvalue weighted by molar-refractivity contribution is 14.0. The van der Waals surface area contributed by atoms with Crippen LogP contribution < -0.4 is 5.32 Å². The van der Waals surface area contributed by atoms with Crippen molar-refractivity contribution in [2.24, 2.45) is 16.3 Å². The molecular weight excluding hydrogens is 471 g/mol. The molecule has 154 valence electrons. The average molecular weight is 507 g/mol. The number of hydrogen-bond donors (Lipinski definition) is 1. The molecule has 0 unspecified atom stereocenters. The molecule has 0 amide bonds. The van der Waals surface area contributed by atoms with Crippen LogP contribution in [0, 0.1) is 11.3 Å². The van der Waals surface area contributed by atoms with Crippen molar-refractivity contribution in [2.75, 3.05) is 32.9 Å².